The summed E-state index contributed by atoms with van der Waals surface area (Å²) in [5.41, 5.74) is 0.710. The molecule has 0 bridgehead atoms. The van der Waals surface area contributed by atoms with E-state index >= 15 is 0 Å². The number of hydrogen-bond acceptors (Lipinski definition) is 1. The van der Waals surface area contributed by atoms with Gasteiger partial charge in [-0.3, -0.25) is 0 Å². The molecule has 0 fully saturated rings. The first-order chi connectivity index (χ1) is 7.84. The molecule has 0 amide bonds. The van der Waals surface area contributed by atoms with Crippen molar-refractivity contribution in [3.63, 3.8) is 0 Å². The third-order valence-corrected chi connectivity index (χ3v) is 3.11. The summed E-state index contributed by atoms with van der Waals surface area (Å²) in [4.78, 5) is 0. The van der Waals surface area contributed by atoms with E-state index < -0.39 is 11.6 Å². The lowest BCUT2D eigenvalue weighted by Crippen LogP contribution is -2.38. The Morgan fingerprint density at radius 2 is 1.88 bits per heavy atom. The first kappa shape index (κ1) is 14.1. The van der Waals surface area contributed by atoms with Crippen molar-refractivity contribution < 1.29 is 8.78 Å². The quantitative estimate of drug-likeness (QED) is 0.850. The van der Waals surface area contributed by atoms with Crippen molar-refractivity contribution in [2.75, 3.05) is 7.05 Å². The summed E-state index contributed by atoms with van der Waals surface area (Å²) in [6, 6.07) is 4.09. The van der Waals surface area contributed by atoms with Crippen LogP contribution in [0.1, 0.15) is 32.8 Å². The zero-order valence-corrected chi connectivity index (χ0v) is 11.0. The van der Waals surface area contributed by atoms with Crippen molar-refractivity contribution in [3.8, 4) is 0 Å². The molecule has 0 radical (unpaired) electrons. The van der Waals surface area contributed by atoms with Crippen LogP contribution in [0.25, 0.3) is 0 Å². The summed E-state index contributed by atoms with van der Waals surface area (Å²) in [5, 5.41) is 3.25. The molecule has 0 aliphatic heterocycles. The zero-order valence-electron chi connectivity index (χ0n) is 11.0. The largest absolute Gasteiger partial charge is 0.316 e. The number of nitrogens with one attached hydrogen (secondary N) is 1. The van der Waals surface area contributed by atoms with E-state index in [1.165, 1.54) is 12.1 Å². The van der Waals surface area contributed by atoms with E-state index in [2.05, 4.69) is 26.1 Å². The monoisotopic (exact) mass is 241 g/mol. The highest BCUT2D eigenvalue weighted by Gasteiger charge is 2.22. The van der Waals surface area contributed by atoms with Crippen LogP contribution in [-0.4, -0.2) is 13.1 Å². The molecule has 0 aliphatic carbocycles. The Balaban J connectivity index is 2.66. The van der Waals surface area contributed by atoms with Gasteiger partial charge in [0, 0.05) is 12.1 Å². The second-order valence-electron chi connectivity index (χ2n) is 5.48. The molecule has 1 atom stereocenters. The van der Waals surface area contributed by atoms with E-state index in [4.69, 9.17) is 0 Å². The summed E-state index contributed by atoms with van der Waals surface area (Å²) in [6.45, 7) is 6.44. The molecule has 3 heteroatoms. The lowest BCUT2D eigenvalue weighted by Gasteiger charge is -2.30. The van der Waals surface area contributed by atoms with Crippen molar-refractivity contribution in [1.29, 1.82) is 0 Å². The molecule has 1 unspecified atom stereocenters. The highest BCUT2D eigenvalue weighted by atomic mass is 19.1. The molecule has 17 heavy (non-hydrogen) atoms. The number of benzene rings is 1. The van der Waals surface area contributed by atoms with Crippen LogP contribution in [0.2, 0.25) is 0 Å². The van der Waals surface area contributed by atoms with Gasteiger partial charge in [0.25, 0.3) is 0 Å². The molecule has 0 aliphatic rings. The van der Waals surface area contributed by atoms with E-state index in [1.807, 2.05) is 7.05 Å². The van der Waals surface area contributed by atoms with Crippen molar-refractivity contribution >= 4 is 0 Å². The molecule has 96 valence electrons. The van der Waals surface area contributed by atoms with Gasteiger partial charge in [0.15, 0.2) is 0 Å². The standard InChI is InChI=1S/C14H21F2N/c1-14(2,3)13(17-4)8-6-10-5-7-11(15)9-12(10)16/h5,7,9,13,17H,6,8H2,1-4H3. The van der Waals surface area contributed by atoms with Gasteiger partial charge in [-0.15, -0.1) is 0 Å². The van der Waals surface area contributed by atoms with Crippen molar-refractivity contribution in [2.24, 2.45) is 5.41 Å². The van der Waals surface area contributed by atoms with Gasteiger partial charge in [0.1, 0.15) is 11.6 Å². The number of hydrogen-bond donors (Lipinski definition) is 1. The number of aryl methyl sites for hydroxylation is 1. The van der Waals surface area contributed by atoms with Gasteiger partial charge in [-0.05, 0) is 36.9 Å². The molecule has 0 spiro atoms. The minimum Gasteiger partial charge on any atom is -0.316 e. The van der Waals surface area contributed by atoms with Gasteiger partial charge < -0.3 is 5.32 Å². The van der Waals surface area contributed by atoms with Gasteiger partial charge in [0.2, 0.25) is 0 Å². The first-order valence-electron chi connectivity index (χ1n) is 5.96. The van der Waals surface area contributed by atoms with Crippen LogP contribution in [0.5, 0.6) is 0 Å². The Kier molecular flexibility index (Phi) is 4.63. The van der Waals surface area contributed by atoms with Gasteiger partial charge in [-0.2, -0.15) is 0 Å². The van der Waals surface area contributed by atoms with Crippen molar-refractivity contribution in [3.05, 3.63) is 35.4 Å². The Morgan fingerprint density at radius 3 is 2.35 bits per heavy atom. The summed E-state index contributed by atoms with van der Waals surface area (Å²) in [5.74, 6) is -0.971. The molecule has 0 aromatic heterocycles. The third-order valence-electron chi connectivity index (χ3n) is 3.11. The van der Waals surface area contributed by atoms with E-state index in [0.717, 1.165) is 12.5 Å². The van der Waals surface area contributed by atoms with Crippen LogP contribution in [0, 0.1) is 17.0 Å². The van der Waals surface area contributed by atoms with E-state index in [0.29, 0.717) is 18.0 Å². The van der Waals surface area contributed by atoms with Crippen molar-refractivity contribution in [2.45, 2.75) is 39.7 Å². The predicted octanol–water partition coefficient (Wildman–Crippen LogP) is 3.53. The molecular weight excluding hydrogens is 220 g/mol. The fraction of sp³-hybridized carbons (Fsp3) is 0.571. The summed E-state index contributed by atoms with van der Waals surface area (Å²) in [6.07, 6.45) is 1.46. The van der Waals surface area contributed by atoms with Crippen LogP contribution >= 0.6 is 0 Å². The Labute approximate surface area is 102 Å². The van der Waals surface area contributed by atoms with Crippen LogP contribution < -0.4 is 5.32 Å². The third kappa shape index (κ3) is 4.08. The second-order valence-corrected chi connectivity index (χ2v) is 5.48. The van der Waals surface area contributed by atoms with Crippen LogP contribution in [0.3, 0.4) is 0 Å². The molecular formula is C14H21F2N. The Bertz CT molecular complexity index is 369. The van der Waals surface area contributed by atoms with E-state index in [-0.39, 0.29) is 5.41 Å². The van der Waals surface area contributed by atoms with Gasteiger partial charge >= 0.3 is 0 Å². The predicted molar refractivity (Wildman–Crippen MR) is 67.0 cm³/mol. The van der Waals surface area contributed by atoms with Gasteiger partial charge in [-0.1, -0.05) is 26.8 Å². The maximum absolute atomic E-state index is 13.4. The number of rotatable bonds is 4. The minimum absolute atomic E-state index is 0.130. The fourth-order valence-electron chi connectivity index (χ4n) is 2.03. The normalized spacial score (nSPS) is 13.8. The van der Waals surface area contributed by atoms with Gasteiger partial charge in [0.05, 0.1) is 0 Å². The van der Waals surface area contributed by atoms with Crippen LogP contribution in [-0.2, 0) is 6.42 Å². The lowest BCUT2D eigenvalue weighted by atomic mass is 9.83. The molecule has 0 saturated heterocycles. The lowest BCUT2D eigenvalue weighted by molar-refractivity contribution is 0.267. The van der Waals surface area contributed by atoms with Crippen molar-refractivity contribution in [1.82, 2.24) is 5.32 Å². The Morgan fingerprint density at radius 1 is 1.24 bits per heavy atom. The smallest absolute Gasteiger partial charge is 0.129 e. The van der Waals surface area contributed by atoms with Crippen LogP contribution in [0.15, 0.2) is 18.2 Å². The van der Waals surface area contributed by atoms with E-state index in [9.17, 15) is 8.78 Å². The second kappa shape index (κ2) is 5.58. The zero-order chi connectivity index (χ0) is 13.1. The highest BCUT2D eigenvalue weighted by molar-refractivity contribution is 5.18. The maximum Gasteiger partial charge on any atom is 0.129 e. The van der Waals surface area contributed by atoms with E-state index in [1.54, 1.807) is 0 Å². The van der Waals surface area contributed by atoms with Gasteiger partial charge in [-0.25, -0.2) is 8.78 Å². The molecule has 0 heterocycles. The summed E-state index contributed by atoms with van der Waals surface area (Å²) in [7, 11) is 1.91. The minimum atomic E-state index is -0.521. The molecule has 1 aromatic carbocycles. The highest BCUT2D eigenvalue weighted by Crippen LogP contribution is 2.23. The molecule has 1 N–H and O–H groups in total. The summed E-state index contributed by atoms with van der Waals surface area (Å²) < 4.78 is 26.2. The summed E-state index contributed by atoms with van der Waals surface area (Å²) >= 11 is 0. The SMILES string of the molecule is CNC(CCc1ccc(F)cc1F)C(C)(C)C. The average Bonchev–Trinajstić information content (AvgIpc) is 2.19. The maximum atomic E-state index is 13.4. The number of halogens is 2. The molecule has 1 aromatic rings. The molecule has 0 saturated carbocycles. The fourth-order valence-corrected chi connectivity index (χ4v) is 2.03. The molecule has 1 rings (SSSR count). The topological polar surface area (TPSA) is 12.0 Å². The molecule has 1 nitrogen and oxygen atoms in total. The first-order valence-corrected chi connectivity index (χ1v) is 5.96. The Hall–Kier alpha value is -0.960. The average molecular weight is 241 g/mol. The van der Waals surface area contributed by atoms with Crippen LogP contribution in [0.4, 0.5) is 8.78 Å².